The van der Waals surface area contributed by atoms with Gasteiger partial charge in [-0.1, -0.05) is 26.2 Å². The Bertz CT molecular complexity index is 433. The van der Waals surface area contributed by atoms with Crippen molar-refractivity contribution < 1.29 is 9.53 Å². The standard InChI is InChI=1S/C15H24N2O2S/c1-11-4-3-5-12(8-11)6-7-16-15-17-13(10-20-15)9-14(18)19-2/h10-12H,3-9H2,1-2H3,(H,16,17). The largest absolute Gasteiger partial charge is 0.469 e. The van der Waals surface area contributed by atoms with Gasteiger partial charge >= 0.3 is 5.97 Å². The van der Waals surface area contributed by atoms with Gasteiger partial charge in [-0.15, -0.1) is 11.3 Å². The first-order valence-electron chi connectivity index (χ1n) is 7.42. The molecule has 1 saturated carbocycles. The van der Waals surface area contributed by atoms with Crippen LogP contribution in [-0.2, 0) is 16.0 Å². The number of esters is 1. The van der Waals surface area contributed by atoms with E-state index in [-0.39, 0.29) is 12.4 Å². The highest BCUT2D eigenvalue weighted by Crippen LogP contribution is 2.30. The van der Waals surface area contributed by atoms with Gasteiger partial charge in [0.2, 0.25) is 0 Å². The lowest BCUT2D eigenvalue weighted by molar-refractivity contribution is -0.139. The van der Waals surface area contributed by atoms with Crippen molar-refractivity contribution in [3.63, 3.8) is 0 Å². The Hall–Kier alpha value is -1.10. The molecule has 0 amide bonds. The van der Waals surface area contributed by atoms with Crippen LogP contribution in [0.15, 0.2) is 5.38 Å². The Balaban J connectivity index is 1.70. The van der Waals surface area contributed by atoms with Gasteiger partial charge in [0.05, 0.1) is 19.2 Å². The third-order valence-electron chi connectivity index (χ3n) is 3.98. The van der Waals surface area contributed by atoms with Crippen LogP contribution in [0.2, 0.25) is 0 Å². The highest BCUT2D eigenvalue weighted by atomic mass is 32.1. The molecule has 0 aliphatic heterocycles. The molecule has 1 fully saturated rings. The first-order chi connectivity index (χ1) is 9.67. The van der Waals surface area contributed by atoms with E-state index in [0.29, 0.717) is 0 Å². The molecule has 2 rings (SSSR count). The summed E-state index contributed by atoms with van der Waals surface area (Å²) in [4.78, 5) is 15.6. The van der Waals surface area contributed by atoms with Gasteiger partial charge in [-0.3, -0.25) is 4.79 Å². The fourth-order valence-electron chi connectivity index (χ4n) is 2.89. The summed E-state index contributed by atoms with van der Waals surface area (Å²) < 4.78 is 4.64. The lowest BCUT2D eigenvalue weighted by Gasteiger charge is -2.26. The number of nitrogens with zero attached hydrogens (tertiary/aromatic N) is 1. The molecule has 5 heteroatoms. The Labute approximate surface area is 124 Å². The van der Waals surface area contributed by atoms with Gasteiger partial charge in [-0.05, 0) is 24.7 Å². The topological polar surface area (TPSA) is 51.2 Å². The van der Waals surface area contributed by atoms with Gasteiger partial charge in [0, 0.05) is 11.9 Å². The number of ether oxygens (including phenoxy) is 1. The molecule has 0 spiro atoms. The number of methoxy groups -OCH3 is 1. The summed E-state index contributed by atoms with van der Waals surface area (Å²) in [5.41, 5.74) is 0.788. The van der Waals surface area contributed by atoms with Crippen LogP contribution >= 0.6 is 11.3 Å². The second-order valence-electron chi connectivity index (χ2n) is 5.75. The third kappa shape index (κ3) is 4.78. The van der Waals surface area contributed by atoms with Crippen molar-refractivity contribution in [2.75, 3.05) is 19.0 Å². The maximum Gasteiger partial charge on any atom is 0.311 e. The second-order valence-corrected chi connectivity index (χ2v) is 6.61. The molecule has 20 heavy (non-hydrogen) atoms. The number of hydrogen-bond donors (Lipinski definition) is 1. The van der Waals surface area contributed by atoms with Crippen molar-refractivity contribution in [3.05, 3.63) is 11.1 Å². The molecule has 2 unspecified atom stereocenters. The summed E-state index contributed by atoms with van der Waals surface area (Å²) in [5, 5.41) is 6.20. The average Bonchev–Trinajstić information content (AvgIpc) is 2.86. The summed E-state index contributed by atoms with van der Waals surface area (Å²) in [7, 11) is 1.40. The number of thiazole rings is 1. The van der Waals surface area contributed by atoms with Crippen LogP contribution in [0.1, 0.15) is 44.7 Å². The fraction of sp³-hybridized carbons (Fsp3) is 0.733. The molecule has 1 heterocycles. The van der Waals surface area contributed by atoms with Gasteiger partial charge in [-0.25, -0.2) is 4.98 Å². The molecule has 112 valence electrons. The van der Waals surface area contributed by atoms with Gasteiger partial charge in [-0.2, -0.15) is 0 Å². The second kappa shape index (κ2) is 7.62. The minimum atomic E-state index is -0.238. The first kappa shape index (κ1) is 15.3. The molecule has 1 N–H and O–H groups in total. The summed E-state index contributed by atoms with van der Waals surface area (Å²) in [6.45, 7) is 3.34. The van der Waals surface area contributed by atoms with E-state index in [0.717, 1.165) is 29.2 Å². The molecule has 0 radical (unpaired) electrons. The van der Waals surface area contributed by atoms with E-state index in [9.17, 15) is 4.79 Å². The van der Waals surface area contributed by atoms with E-state index in [1.54, 1.807) is 11.3 Å². The van der Waals surface area contributed by atoms with Gasteiger partial charge < -0.3 is 10.1 Å². The monoisotopic (exact) mass is 296 g/mol. The normalized spacial score (nSPS) is 22.5. The number of carbonyl (C=O) groups excluding carboxylic acids is 1. The summed E-state index contributed by atoms with van der Waals surface area (Å²) in [6.07, 6.45) is 7.00. The van der Waals surface area contributed by atoms with Crippen molar-refractivity contribution in [3.8, 4) is 0 Å². The molecular weight excluding hydrogens is 272 g/mol. The zero-order valence-electron chi connectivity index (χ0n) is 12.4. The number of rotatable bonds is 6. The van der Waals surface area contributed by atoms with E-state index >= 15 is 0 Å². The van der Waals surface area contributed by atoms with E-state index in [1.165, 1.54) is 39.2 Å². The first-order valence-corrected chi connectivity index (χ1v) is 8.30. The number of nitrogens with one attached hydrogen (secondary N) is 1. The minimum absolute atomic E-state index is 0.238. The molecule has 1 aliphatic rings. The molecule has 1 aliphatic carbocycles. The average molecular weight is 296 g/mol. The van der Waals surface area contributed by atoms with Crippen LogP contribution in [0, 0.1) is 11.8 Å². The van der Waals surface area contributed by atoms with Gasteiger partial charge in [0.15, 0.2) is 5.13 Å². The lowest BCUT2D eigenvalue weighted by Crippen LogP contribution is -2.16. The Morgan fingerprint density at radius 3 is 3.15 bits per heavy atom. The van der Waals surface area contributed by atoms with E-state index in [4.69, 9.17) is 0 Å². The molecular formula is C15H24N2O2S. The van der Waals surface area contributed by atoms with Crippen LogP contribution in [0.3, 0.4) is 0 Å². The van der Waals surface area contributed by atoms with Crippen molar-refractivity contribution in [2.24, 2.45) is 11.8 Å². The van der Waals surface area contributed by atoms with E-state index in [1.807, 2.05) is 5.38 Å². The van der Waals surface area contributed by atoms with Crippen LogP contribution < -0.4 is 5.32 Å². The zero-order valence-corrected chi connectivity index (χ0v) is 13.2. The molecule has 1 aromatic rings. The van der Waals surface area contributed by atoms with Crippen molar-refractivity contribution in [1.29, 1.82) is 0 Å². The Morgan fingerprint density at radius 2 is 2.40 bits per heavy atom. The maximum atomic E-state index is 11.2. The predicted molar refractivity (Wildman–Crippen MR) is 82.1 cm³/mol. The molecule has 4 nitrogen and oxygen atoms in total. The van der Waals surface area contributed by atoms with Gasteiger partial charge in [0.25, 0.3) is 0 Å². The van der Waals surface area contributed by atoms with Crippen molar-refractivity contribution in [2.45, 2.75) is 45.4 Å². The molecule has 0 bridgehead atoms. The Morgan fingerprint density at radius 1 is 1.55 bits per heavy atom. The summed E-state index contributed by atoms with van der Waals surface area (Å²) >= 11 is 1.56. The van der Waals surface area contributed by atoms with Crippen LogP contribution in [0.4, 0.5) is 5.13 Å². The SMILES string of the molecule is COC(=O)Cc1csc(NCCC2CCCC(C)C2)n1. The van der Waals surface area contributed by atoms with Crippen LogP contribution in [-0.4, -0.2) is 24.6 Å². The quantitative estimate of drug-likeness (QED) is 0.816. The molecule has 1 aromatic heterocycles. The number of carbonyl (C=O) groups is 1. The maximum absolute atomic E-state index is 11.2. The van der Waals surface area contributed by atoms with Crippen molar-refractivity contribution in [1.82, 2.24) is 4.98 Å². The highest BCUT2D eigenvalue weighted by molar-refractivity contribution is 7.13. The fourth-order valence-corrected chi connectivity index (χ4v) is 3.63. The predicted octanol–water partition coefficient (Wildman–Crippen LogP) is 3.49. The van der Waals surface area contributed by atoms with Crippen LogP contribution in [0.25, 0.3) is 0 Å². The lowest BCUT2D eigenvalue weighted by atomic mass is 9.81. The number of hydrogen-bond acceptors (Lipinski definition) is 5. The smallest absolute Gasteiger partial charge is 0.311 e. The van der Waals surface area contributed by atoms with Crippen LogP contribution in [0.5, 0.6) is 0 Å². The van der Waals surface area contributed by atoms with Gasteiger partial charge in [0.1, 0.15) is 0 Å². The molecule has 2 atom stereocenters. The van der Waals surface area contributed by atoms with Crippen molar-refractivity contribution >= 4 is 22.4 Å². The minimum Gasteiger partial charge on any atom is -0.469 e. The Kier molecular flexibility index (Phi) is 5.83. The summed E-state index contributed by atoms with van der Waals surface area (Å²) in [5.74, 6) is 1.51. The van der Waals surface area contributed by atoms with E-state index < -0.39 is 0 Å². The highest BCUT2D eigenvalue weighted by Gasteiger charge is 2.18. The molecule has 0 saturated heterocycles. The summed E-state index contributed by atoms with van der Waals surface area (Å²) in [6, 6.07) is 0. The third-order valence-corrected chi connectivity index (χ3v) is 4.83. The number of aromatic nitrogens is 1. The van der Waals surface area contributed by atoms with E-state index in [2.05, 4.69) is 22.0 Å². The zero-order chi connectivity index (χ0) is 14.4. The molecule has 0 aromatic carbocycles. The number of anilines is 1.